The number of nitrogens with one attached hydrogen (secondary N) is 1. The maximum atomic E-state index is 9.59. The molecular formula is C16H17ClN2O. The van der Waals surface area contributed by atoms with Crippen molar-refractivity contribution in [3.63, 3.8) is 0 Å². The monoisotopic (exact) mass is 288 g/mol. The van der Waals surface area contributed by atoms with Crippen molar-refractivity contribution >= 4 is 17.3 Å². The van der Waals surface area contributed by atoms with Crippen LogP contribution < -0.4 is 5.32 Å². The highest BCUT2D eigenvalue weighted by atomic mass is 35.5. The zero-order chi connectivity index (χ0) is 14.1. The number of phenolic OH excluding ortho intramolecular Hbond substituents is 1. The van der Waals surface area contributed by atoms with Gasteiger partial charge in [-0.1, -0.05) is 17.7 Å². The molecule has 3 rings (SSSR count). The smallest absolute Gasteiger partial charge is 0.129 e. The lowest BCUT2D eigenvalue weighted by Gasteiger charge is -2.27. The molecule has 1 aromatic carbocycles. The molecule has 0 saturated carbocycles. The molecule has 1 aromatic heterocycles. The Morgan fingerprint density at radius 1 is 1.30 bits per heavy atom. The Hall–Kier alpha value is -1.74. The first-order chi connectivity index (χ1) is 9.63. The van der Waals surface area contributed by atoms with E-state index in [1.54, 1.807) is 12.1 Å². The molecule has 0 fully saturated rings. The molecule has 1 aliphatic carbocycles. The van der Waals surface area contributed by atoms with E-state index in [0.29, 0.717) is 10.9 Å². The fourth-order valence-electron chi connectivity index (χ4n) is 2.82. The molecule has 0 aliphatic heterocycles. The molecule has 0 spiro atoms. The molecule has 1 heterocycles. The molecule has 1 atom stereocenters. The van der Waals surface area contributed by atoms with Crippen LogP contribution in [0.1, 0.15) is 35.7 Å². The Morgan fingerprint density at radius 3 is 2.95 bits per heavy atom. The van der Waals surface area contributed by atoms with Gasteiger partial charge in [0.25, 0.3) is 0 Å². The minimum atomic E-state index is 0.265. The highest BCUT2D eigenvalue weighted by molar-refractivity contribution is 6.29. The van der Waals surface area contributed by atoms with Crippen molar-refractivity contribution in [1.29, 1.82) is 0 Å². The van der Waals surface area contributed by atoms with Gasteiger partial charge in [0.05, 0.1) is 17.4 Å². The predicted octanol–water partition coefficient (Wildman–Crippen LogP) is 4.24. The molecule has 20 heavy (non-hydrogen) atoms. The van der Waals surface area contributed by atoms with Crippen molar-refractivity contribution in [3.8, 4) is 5.75 Å². The fourth-order valence-corrected chi connectivity index (χ4v) is 3.01. The van der Waals surface area contributed by atoms with Crippen molar-refractivity contribution in [3.05, 3.63) is 52.3 Å². The first-order valence-corrected chi connectivity index (χ1v) is 7.23. The lowest BCUT2D eigenvalue weighted by Crippen LogP contribution is -2.18. The third-order valence-electron chi connectivity index (χ3n) is 3.82. The van der Waals surface area contributed by atoms with Crippen LogP contribution in [0.15, 0.2) is 30.3 Å². The van der Waals surface area contributed by atoms with Gasteiger partial charge in [-0.3, -0.25) is 0 Å². The molecule has 3 nitrogen and oxygen atoms in total. The molecular weight excluding hydrogens is 272 g/mol. The van der Waals surface area contributed by atoms with Gasteiger partial charge in [0, 0.05) is 0 Å². The number of rotatable bonds is 2. The molecule has 104 valence electrons. The van der Waals surface area contributed by atoms with E-state index in [0.717, 1.165) is 30.6 Å². The van der Waals surface area contributed by atoms with E-state index in [-0.39, 0.29) is 6.04 Å². The van der Waals surface area contributed by atoms with Crippen LogP contribution in [0.2, 0.25) is 5.15 Å². The summed E-state index contributed by atoms with van der Waals surface area (Å²) < 4.78 is 0. The van der Waals surface area contributed by atoms with Gasteiger partial charge in [0.1, 0.15) is 10.9 Å². The zero-order valence-corrected chi connectivity index (χ0v) is 12.1. The maximum Gasteiger partial charge on any atom is 0.129 e. The second-order valence-electron chi connectivity index (χ2n) is 5.24. The Labute approximate surface area is 123 Å². The number of aromatic nitrogens is 1. The molecule has 0 bridgehead atoms. The summed E-state index contributed by atoms with van der Waals surface area (Å²) in [7, 11) is 0. The second kappa shape index (κ2) is 5.33. The van der Waals surface area contributed by atoms with Crippen LogP contribution in [0.5, 0.6) is 5.75 Å². The average molecular weight is 289 g/mol. The van der Waals surface area contributed by atoms with E-state index in [2.05, 4.69) is 10.3 Å². The van der Waals surface area contributed by atoms with Gasteiger partial charge >= 0.3 is 0 Å². The largest absolute Gasteiger partial charge is 0.508 e. The molecule has 0 saturated heterocycles. The van der Waals surface area contributed by atoms with E-state index in [1.165, 1.54) is 11.1 Å². The number of aryl methyl sites for hydroxylation is 2. The standard InChI is InChI=1S/C16H17ClN2O/c1-10-14(7-8-16(17)18-10)19-15-4-2-3-11-9-12(20)5-6-13(11)15/h5-9,15,19-20H,2-4H2,1H3. The number of aromatic hydroxyl groups is 1. The van der Waals surface area contributed by atoms with E-state index in [4.69, 9.17) is 11.6 Å². The number of benzene rings is 1. The lowest BCUT2D eigenvalue weighted by atomic mass is 9.87. The molecule has 1 aliphatic rings. The number of hydrogen-bond acceptors (Lipinski definition) is 3. The summed E-state index contributed by atoms with van der Waals surface area (Å²) in [4.78, 5) is 4.27. The van der Waals surface area contributed by atoms with Crippen molar-refractivity contribution in [2.24, 2.45) is 0 Å². The summed E-state index contributed by atoms with van der Waals surface area (Å²) in [5.74, 6) is 0.341. The molecule has 2 aromatic rings. The SMILES string of the molecule is Cc1nc(Cl)ccc1NC1CCCc2cc(O)ccc21. The lowest BCUT2D eigenvalue weighted by molar-refractivity contribution is 0.472. The zero-order valence-electron chi connectivity index (χ0n) is 11.4. The number of halogens is 1. The quantitative estimate of drug-likeness (QED) is 0.813. The minimum Gasteiger partial charge on any atom is -0.508 e. The minimum absolute atomic E-state index is 0.265. The number of nitrogens with zero attached hydrogens (tertiary/aromatic N) is 1. The Morgan fingerprint density at radius 2 is 2.15 bits per heavy atom. The van der Waals surface area contributed by atoms with Gasteiger partial charge < -0.3 is 10.4 Å². The molecule has 4 heteroatoms. The second-order valence-corrected chi connectivity index (χ2v) is 5.63. The van der Waals surface area contributed by atoms with Gasteiger partial charge in [0.15, 0.2) is 0 Å². The maximum absolute atomic E-state index is 9.59. The topological polar surface area (TPSA) is 45.2 Å². The summed E-state index contributed by atoms with van der Waals surface area (Å²) in [6, 6.07) is 9.68. The van der Waals surface area contributed by atoms with Gasteiger partial charge in [-0.15, -0.1) is 0 Å². The summed E-state index contributed by atoms with van der Waals surface area (Å²) in [5, 5.41) is 13.7. The van der Waals surface area contributed by atoms with E-state index in [1.807, 2.05) is 25.1 Å². The summed E-state index contributed by atoms with van der Waals surface area (Å²) >= 11 is 5.89. The van der Waals surface area contributed by atoms with Crippen molar-refractivity contribution in [2.75, 3.05) is 5.32 Å². The van der Waals surface area contributed by atoms with E-state index < -0.39 is 0 Å². The summed E-state index contributed by atoms with van der Waals surface area (Å²) in [6.07, 6.45) is 3.23. The average Bonchev–Trinajstić information content (AvgIpc) is 2.41. The van der Waals surface area contributed by atoms with Gasteiger partial charge in [-0.05, 0) is 61.6 Å². The number of phenols is 1. The summed E-state index contributed by atoms with van der Waals surface area (Å²) in [6.45, 7) is 1.95. The Balaban J connectivity index is 1.89. The molecule has 0 amide bonds. The highest BCUT2D eigenvalue weighted by Crippen LogP contribution is 2.34. The number of hydrogen-bond donors (Lipinski definition) is 2. The van der Waals surface area contributed by atoms with Crippen LogP contribution in [-0.4, -0.2) is 10.1 Å². The van der Waals surface area contributed by atoms with E-state index in [9.17, 15) is 5.11 Å². The third-order valence-corrected chi connectivity index (χ3v) is 4.03. The normalized spacial score (nSPS) is 17.6. The van der Waals surface area contributed by atoms with Crippen molar-refractivity contribution in [2.45, 2.75) is 32.2 Å². The van der Waals surface area contributed by atoms with Crippen molar-refractivity contribution < 1.29 is 5.11 Å². The summed E-state index contributed by atoms with van der Waals surface area (Å²) in [5.41, 5.74) is 4.42. The van der Waals surface area contributed by atoms with Gasteiger partial charge in [0.2, 0.25) is 0 Å². The molecule has 0 radical (unpaired) electrons. The predicted molar refractivity (Wildman–Crippen MR) is 81.4 cm³/mol. The first-order valence-electron chi connectivity index (χ1n) is 6.85. The van der Waals surface area contributed by atoms with Crippen LogP contribution in [0, 0.1) is 6.92 Å². The third kappa shape index (κ3) is 2.59. The number of pyridine rings is 1. The first kappa shape index (κ1) is 13.3. The van der Waals surface area contributed by atoms with Gasteiger partial charge in [-0.25, -0.2) is 4.98 Å². The highest BCUT2D eigenvalue weighted by Gasteiger charge is 2.20. The number of anilines is 1. The Bertz CT molecular complexity index is 642. The van der Waals surface area contributed by atoms with Crippen LogP contribution in [-0.2, 0) is 6.42 Å². The number of fused-ring (bicyclic) bond motifs is 1. The van der Waals surface area contributed by atoms with Crippen LogP contribution in [0.3, 0.4) is 0 Å². The Kier molecular flexibility index (Phi) is 3.53. The van der Waals surface area contributed by atoms with E-state index >= 15 is 0 Å². The van der Waals surface area contributed by atoms with Crippen LogP contribution in [0.25, 0.3) is 0 Å². The van der Waals surface area contributed by atoms with Crippen molar-refractivity contribution in [1.82, 2.24) is 4.98 Å². The van der Waals surface area contributed by atoms with Crippen LogP contribution >= 0.6 is 11.6 Å². The molecule has 1 unspecified atom stereocenters. The fraction of sp³-hybridized carbons (Fsp3) is 0.312. The van der Waals surface area contributed by atoms with Crippen LogP contribution in [0.4, 0.5) is 5.69 Å². The van der Waals surface area contributed by atoms with Gasteiger partial charge in [-0.2, -0.15) is 0 Å². The molecule has 2 N–H and O–H groups in total.